The first-order valence-electron chi connectivity index (χ1n) is 9.22. The predicted octanol–water partition coefficient (Wildman–Crippen LogP) is 6.52. The van der Waals surface area contributed by atoms with Crippen LogP contribution in [0.1, 0.15) is 5.76 Å². The monoisotopic (exact) mass is 548 g/mol. The van der Waals surface area contributed by atoms with E-state index in [0.717, 1.165) is 21.6 Å². The molecule has 1 fully saturated rings. The highest BCUT2D eigenvalue weighted by Crippen LogP contribution is 2.35. The van der Waals surface area contributed by atoms with Gasteiger partial charge in [-0.3, -0.25) is 19.3 Å². The summed E-state index contributed by atoms with van der Waals surface area (Å²) >= 11 is 11.4. The van der Waals surface area contributed by atoms with Gasteiger partial charge in [0.05, 0.1) is 10.6 Å². The molecule has 1 aliphatic heterocycles. The first-order chi connectivity index (χ1) is 15.4. The van der Waals surface area contributed by atoms with Crippen molar-refractivity contribution in [2.24, 2.45) is 0 Å². The summed E-state index contributed by atoms with van der Waals surface area (Å²) in [6.45, 7) is -0.376. The van der Waals surface area contributed by atoms with E-state index in [2.05, 4.69) is 21.2 Å². The summed E-state index contributed by atoms with van der Waals surface area (Å²) in [7, 11) is 0. The van der Waals surface area contributed by atoms with Crippen LogP contribution in [0.4, 0.5) is 10.5 Å². The van der Waals surface area contributed by atoms with Crippen molar-refractivity contribution in [2.45, 2.75) is 9.99 Å². The molecule has 0 atom stereocenters. The van der Waals surface area contributed by atoms with Gasteiger partial charge >= 0.3 is 0 Å². The summed E-state index contributed by atoms with van der Waals surface area (Å²) in [6.07, 6.45) is 1.50. The second-order valence-electron chi connectivity index (χ2n) is 6.51. The van der Waals surface area contributed by atoms with Gasteiger partial charge in [-0.15, -0.1) is 0 Å². The van der Waals surface area contributed by atoms with Crippen LogP contribution in [-0.2, 0) is 9.59 Å². The molecule has 0 unspecified atom stereocenters. The normalized spacial score (nSPS) is 14.9. The number of imide groups is 1. The van der Waals surface area contributed by atoms with E-state index in [1.165, 1.54) is 17.8 Å². The molecule has 2 heterocycles. The maximum atomic E-state index is 12.7. The molecule has 0 aliphatic carbocycles. The molecule has 10 heteroatoms. The van der Waals surface area contributed by atoms with Gasteiger partial charge in [-0.05, 0) is 76.2 Å². The highest BCUT2D eigenvalue weighted by atomic mass is 79.9. The molecule has 0 saturated carbocycles. The minimum atomic E-state index is -0.536. The van der Waals surface area contributed by atoms with Gasteiger partial charge in [-0.2, -0.15) is 0 Å². The second-order valence-corrected chi connectivity index (χ2v) is 9.87. The molecule has 3 aromatic rings. The minimum absolute atomic E-state index is 0.195. The molecule has 32 heavy (non-hydrogen) atoms. The molecule has 1 aliphatic rings. The number of rotatable bonds is 6. The average molecular weight is 550 g/mol. The molecule has 4 rings (SSSR count). The number of anilines is 1. The van der Waals surface area contributed by atoms with Crippen LogP contribution in [-0.4, -0.2) is 28.5 Å². The van der Waals surface area contributed by atoms with Crippen molar-refractivity contribution in [3.8, 4) is 0 Å². The average Bonchev–Trinajstić information content (AvgIpc) is 3.31. The number of hydrogen-bond acceptors (Lipinski definition) is 6. The van der Waals surface area contributed by atoms with E-state index in [4.69, 9.17) is 16.0 Å². The fraction of sp³-hybridized carbons (Fsp3) is 0.0455. The molecule has 162 valence electrons. The van der Waals surface area contributed by atoms with Gasteiger partial charge in [-0.1, -0.05) is 35.5 Å². The van der Waals surface area contributed by atoms with Crippen molar-refractivity contribution in [1.82, 2.24) is 4.90 Å². The Morgan fingerprint density at radius 1 is 1.12 bits per heavy atom. The molecular weight excluding hydrogens is 536 g/mol. The highest BCUT2D eigenvalue weighted by Gasteiger charge is 2.36. The Labute approximate surface area is 205 Å². The number of halogens is 2. The molecule has 0 bridgehead atoms. The smallest absolute Gasteiger partial charge is 0.294 e. The van der Waals surface area contributed by atoms with Crippen LogP contribution in [0.5, 0.6) is 0 Å². The molecule has 3 amide bonds. The topological polar surface area (TPSA) is 79.6 Å². The van der Waals surface area contributed by atoms with Crippen molar-refractivity contribution in [1.29, 1.82) is 0 Å². The Hall–Kier alpha value is -2.46. The molecule has 1 saturated heterocycles. The second kappa shape index (κ2) is 9.99. The van der Waals surface area contributed by atoms with E-state index in [0.29, 0.717) is 26.0 Å². The number of nitrogens with one attached hydrogen (secondary N) is 1. The fourth-order valence-corrected chi connectivity index (χ4v) is 4.85. The zero-order chi connectivity index (χ0) is 22.7. The van der Waals surface area contributed by atoms with Crippen LogP contribution in [0.2, 0.25) is 5.02 Å². The van der Waals surface area contributed by atoms with Crippen LogP contribution < -0.4 is 5.32 Å². The zero-order valence-corrected chi connectivity index (χ0v) is 20.2. The van der Waals surface area contributed by atoms with E-state index in [1.54, 1.807) is 42.5 Å². The molecule has 6 nitrogen and oxygen atoms in total. The third-order valence-electron chi connectivity index (χ3n) is 4.23. The summed E-state index contributed by atoms with van der Waals surface area (Å²) < 4.78 is 6.45. The Kier molecular flexibility index (Phi) is 7.10. The number of carbonyl (C=O) groups excluding carboxylic acids is 3. The minimum Gasteiger partial charge on any atom is -0.450 e. The summed E-state index contributed by atoms with van der Waals surface area (Å²) in [5.74, 6) is -0.574. The molecule has 0 spiro atoms. The molecule has 0 radical (unpaired) electrons. The van der Waals surface area contributed by atoms with Gasteiger partial charge < -0.3 is 9.73 Å². The lowest BCUT2D eigenvalue weighted by Gasteiger charge is -2.13. The maximum absolute atomic E-state index is 12.7. The first-order valence-corrected chi connectivity index (χ1v) is 12.0. The standard InChI is InChI=1S/C22H14BrClN2O4S2/c23-16-3-1-2-4-17(16)25-19(27)12-26-21(28)18(32-22(26)29)11-14-7-10-20(30-14)31-15-8-5-13(24)6-9-15/h1-11H,12H2,(H,25,27)/b18-11-. The molecular formula is C22H14BrClN2O4S2. The Morgan fingerprint density at radius 2 is 1.88 bits per heavy atom. The van der Waals surface area contributed by atoms with Crippen LogP contribution in [0, 0.1) is 0 Å². The number of hydrogen-bond donors (Lipinski definition) is 1. The Balaban J connectivity index is 1.41. The molecule has 2 aromatic carbocycles. The van der Waals surface area contributed by atoms with Crippen molar-refractivity contribution >= 4 is 79.9 Å². The zero-order valence-electron chi connectivity index (χ0n) is 16.2. The number of furan rings is 1. The summed E-state index contributed by atoms with van der Waals surface area (Å²) in [5.41, 5.74) is 0.557. The summed E-state index contributed by atoms with van der Waals surface area (Å²) in [6, 6.07) is 17.9. The number of benzene rings is 2. The van der Waals surface area contributed by atoms with Gasteiger partial charge in [0.25, 0.3) is 11.1 Å². The highest BCUT2D eigenvalue weighted by molar-refractivity contribution is 9.10. The fourth-order valence-electron chi connectivity index (χ4n) is 2.75. The number of nitrogens with zero attached hydrogens (tertiary/aromatic N) is 1. The molecule has 1 N–H and O–H groups in total. The van der Waals surface area contributed by atoms with Crippen LogP contribution in [0.15, 0.2) is 84.4 Å². The third kappa shape index (κ3) is 5.47. The van der Waals surface area contributed by atoms with Crippen LogP contribution in [0.3, 0.4) is 0 Å². The largest absolute Gasteiger partial charge is 0.450 e. The van der Waals surface area contributed by atoms with Crippen molar-refractivity contribution in [2.75, 3.05) is 11.9 Å². The van der Waals surface area contributed by atoms with E-state index < -0.39 is 17.1 Å². The van der Waals surface area contributed by atoms with Gasteiger partial charge in [-0.25, -0.2) is 0 Å². The van der Waals surface area contributed by atoms with Crippen LogP contribution >= 0.6 is 51.1 Å². The van der Waals surface area contributed by atoms with Gasteiger partial charge in [0.2, 0.25) is 5.91 Å². The van der Waals surface area contributed by atoms with E-state index in [9.17, 15) is 14.4 Å². The SMILES string of the molecule is O=C(CN1C(=O)S/C(=C\c2ccc(Sc3ccc(Cl)cc3)o2)C1=O)Nc1ccccc1Br. The van der Waals surface area contributed by atoms with Crippen molar-refractivity contribution < 1.29 is 18.8 Å². The predicted molar refractivity (Wildman–Crippen MR) is 130 cm³/mol. The molecule has 1 aromatic heterocycles. The summed E-state index contributed by atoms with van der Waals surface area (Å²) in [4.78, 5) is 39.4. The van der Waals surface area contributed by atoms with Crippen LogP contribution in [0.25, 0.3) is 6.08 Å². The lowest BCUT2D eigenvalue weighted by atomic mass is 10.3. The lowest BCUT2D eigenvalue weighted by molar-refractivity contribution is -0.127. The van der Waals surface area contributed by atoms with E-state index in [-0.39, 0.29) is 11.4 Å². The number of carbonyl (C=O) groups is 3. The van der Waals surface area contributed by atoms with Gasteiger partial charge in [0, 0.05) is 20.5 Å². The number of thioether (sulfide) groups is 1. The lowest BCUT2D eigenvalue weighted by Crippen LogP contribution is -2.36. The van der Waals surface area contributed by atoms with E-state index >= 15 is 0 Å². The first kappa shape index (κ1) is 22.7. The number of amides is 3. The Morgan fingerprint density at radius 3 is 2.62 bits per heavy atom. The summed E-state index contributed by atoms with van der Waals surface area (Å²) in [5, 5.41) is 3.45. The van der Waals surface area contributed by atoms with Crippen molar-refractivity contribution in [3.05, 3.63) is 80.8 Å². The van der Waals surface area contributed by atoms with Crippen molar-refractivity contribution in [3.63, 3.8) is 0 Å². The number of para-hydroxylation sites is 1. The Bertz CT molecular complexity index is 1230. The quantitative estimate of drug-likeness (QED) is 0.353. The van der Waals surface area contributed by atoms with E-state index in [1.807, 2.05) is 18.2 Å². The maximum Gasteiger partial charge on any atom is 0.294 e. The third-order valence-corrected chi connectivity index (χ3v) is 7.01. The van der Waals surface area contributed by atoms with Gasteiger partial charge in [0.1, 0.15) is 12.3 Å². The van der Waals surface area contributed by atoms with Gasteiger partial charge in [0.15, 0.2) is 5.09 Å².